The number of aromatic amines is 1. The monoisotopic (exact) mass is 430 g/mol. The minimum absolute atomic E-state index is 0.151. The number of carbonyl (C=O) groups excluding carboxylic acids is 1. The van der Waals surface area contributed by atoms with Gasteiger partial charge in [-0.2, -0.15) is 23.4 Å². The van der Waals surface area contributed by atoms with Crippen LogP contribution in [0.4, 0.5) is 19.0 Å². The molecule has 166 valence electrons. The summed E-state index contributed by atoms with van der Waals surface area (Å²) in [4.78, 5) is 21.4. The molecule has 0 unspecified atom stereocenters. The Bertz CT molecular complexity index is 930. The molecule has 2 aromatic heterocycles. The number of rotatable bonds is 4. The van der Waals surface area contributed by atoms with E-state index < -0.39 is 12.1 Å². The van der Waals surface area contributed by atoms with E-state index in [1.165, 1.54) is 0 Å². The van der Waals surface area contributed by atoms with Crippen molar-refractivity contribution in [2.75, 3.05) is 5.32 Å². The Kier molecular flexibility index (Phi) is 6.60. The van der Waals surface area contributed by atoms with E-state index in [0.29, 0.717) is 24.0 Å². The molecule has 0 fully saturated rings. The van der Waals surface area contributed by atoms with Gasteiger partial charge in [0, 0.05) is 19.2 Å². The molecule has 0 bridgehead atoms. The number of carboxylic acid groups (broad SMARTS) is 1. The first kappa shape index (κ1) is 23.4. The maximum absolute atomic E-state index is 12.5. The summed E-state index contributed by atoms with van der Waals surface area (Å²) in [6.45, 7) is 9.13. The van der Waals surface area contributed by atoms with Crippen LogP contribution in [-0.4, -0.2) is 43.1 Å². The van der Waals surface area contributed by atoms with Gasteiger partial charge in [0.1, 0.15) is 5.69 Å². The molecule has 1 amide bonds. The Balaban J connectivity index is 0.000000396. The minimum atomic E-state index is -5.08. The van der Waals surface area contributed by atoms with Crippen LogP contribution in [0.15, 0.2) is 6.07 Å². The third kappa shape index (κ3) is 5.38. The minimum Gasteiger partial charge on any atom is -0.475 e. The largest absolute Gasteiger partial charge is 0.490 e. The molecule has 1 aliphatic rings. The van der Waals surface area contributed by atoms with Crippen LogP contribution in [0.3, 0.4) is 0 Å². The van der Waals surface area contributed by atoms with E-state index in [0.717, 1.165) is 23.4 Å². The quantitative estimate of drug-likeness (QED) is 0.591. The SMILES string of the molecule is CC(C)Cc1cc(C(=O)Nc2n[nH]c3c2CNC3(C)C)n(C)n1.O=C(O)C(F)(F)F. The molecular formula is C18H25F3N6O3. The van der Waals surface area contributed by atoms with Crippen LogP contribution < -0.4 is 10.6 Å². The zero-order valence-corrected chi connectivity index (χ0v) is 17.3. The van der Waals surface area contributed by atoms with E-state index in [4.69, 9.17) is 9.90 Å². The van der Waals surface area contributed by atoms with Gasteiger partial charge in [0.2, 0.25) is 0 Å². The number of carboxylic acids is 1. The molecule has 0 aliphatic carbocycles. The van der Waals surface area contributed by atoms with Crippen LogP contribution in [0.2, 0.25) is 0 Å². The van der Waals surface area contributed by atoms with Gasteiger partial charge in [-0.3, -0.25) is 14.6 Å². The molecule has 4 N–H and O–H groups in total. The van der Waals surface area contributed by atoms with Gasteiger partial charge in [-0.15, -0.1) is 0 Å². The third-order valence-corrected chi connectivity index (χ3v) is 4.45. The predicted molar refractivity (Wildman–Crippen MR) is 102 cm³/mol. The molecule has 1 aliphatic heterocycles. The average molecular weight is 430 g/mol. The van der Waals surface area contributed by atoms with E-state index in [9.17, 15) is 18.0 Å². The van der Waals surface area contributed by atoms with Crippen molar-refractivity contribution in [2.24, 2.45) is 13.0 Å². The first-order valence-corrected chi connectivity index (χ1v) is 9.19. The summed E-state index contributed by atoms with van der Waals surface area (Å²) in [5.41, 5.74) is 3.37. The van der Waals surface area contributed by atoms with Crippen molar-refractivity contribution in [2.45, 2.75) is 52.4 Å². The fourth-order valence-electron chi connectivity index (χ4n) is 2.98. The number of amides is 1. The topological polar surface area (TPSA) is 125 Å². The smallest absolute Gasteiger partial charge is 0.475 e. The standard InChI is InChI=1S/C16H24N6O.C2HF3O2/c1-9(2)6-10-7-12(22(5)21-10)15(23)18-14-11-8-17-16(3,4)13(11)19-20-14;3-2(4,5)1(6)7/h7,9,17H,6,8H2,1-5H3,(H2,18,19,20,23);(H,6,7). The number of H-pyrrole nitrogens is 1. The summed E-state index contributed by atoms with van der Waals surface area (Å²) in [6.07, 6.45) is -4.23. The number of alkyl halides is 3. The van der Waals surface area contributed by atoms with Gasteiger partial charge in [-0.05, 0) is 32.3 Å². The highest BCUT2D eigenvalue weighted by molar-refractivity contribution is 6.03. The van der Waals surface area contributed by atoms with Crippen molar-refractivity contribution >= 4 is 17.7 Å². The first-order valence-electron chi connectivity index (χ1n) is 9.19. The molecule has 0 atom stereocenters. The Morgan fingerprint density at radius 3 is 2.50 bits per heavy atom. The number of carbonyl (C=O) groups is 2. The second-order valence-corrected chi connectivity index (χ2v) is 7.90. The number of nitrogens with zero attached hydrogens (tertiary/aromatic N) is 3. The highest BCUT2D eigenvalue weighted by Gasteiger charge is 2.38. The highest BCUT2D eigenvalue weighted by atomic mass is 19.4. The van der Waals surface area contributed by atoms with Crippen molar-refractivity contribution in [3.05, 3.63) is 28.7 Å². The van der Waals surface area contributed by atoms with Crippen molar-refractivity contribution in [1.82, 2.24) is 25.3 Å². The molecule has 3 rings (SSSR count). The molecule has 2 aromatic rings. The van der Waals surface area contributed by atoms with Gasteiger partial charge in [-0.25, -0.2) is 4.79 Å². The molecule has 0 saturated carbocycles. The number of aryl methyl sites for hydroxylation is 1. The Morgan fingerprint density at radius 1 is 1.37 bits per heavy atom. The molecule has 0 aromatic carbocycles. The van der Waals surface area contributed by atoms with Crippen molar-refractivity contribution < 1.29 is 27.9 Å². The van der Waals surface area contributed by atoms with Gasteiger partial charge < -0.3 is 15.7 Å². The maximum atomic E-state index is 12.5. The third-order valence-electron chi connectivity index (χ3n) is 4.45. The number of anilines is 1. The molecule has 3 heterocycles. The lowest BCUT2D eigenvalue weighted by Gasteiger charge is -2.16. The van der Waals surface area contributed by atoms with Crippen molar-refractivity contribution in [3.63, 3.8) is 0 Å². The van der Waals surface area contributed by atoms with Gasteiger partial charge in [0.15, 0.2) is 5.82 Å². The highest BCUT2D eigenvalue weighted by Crippen LogP contribution is 2.32. The van der Waals surface area contributed by atoms with Crippen molar-refractivity contribution in [1.29, 1.82) is 0 Å². The number of hydrogen-bond donors (Lipinski definition) is 4. The van der Waals surface area contributed by atoms with Crippen LogP contribution in [0, 0.1) is 5.92 Å². The predicted octanol–water partition coefficient (Wildman–Crippen LogP) is 2.57. The normalized spacial score (nSPS) is 14.8. The number of halogens is 3. The number of aromatic nitrogens is 4. The molecule has 0 saturated heterocycles. The lowest BCUT2D eigenvalue weighted by atomic mass is 10.0. The molecule has 0 spiro atoms. The maximum Gasteiger partial charge on any atom is 0.490 e. The fourth-order valence-corrected chi connectivity index (χ4v) is 2.98. The van der Waals surface area contributed by atoms with Gasteiger partial charge in [0.25, 0.3) is 5.91 Å². The fraction of sp³-hybridized carbons (Fsp3) is 0.556. The second kappa shape index (κ2) is 8.46. The number of aliphatic carboxylic acids is 1. The Morgan fingerprint density at radius 2 is 1.97 bits per heavy atom. The van der Waals surface area contributed by atoms with E-state index >= 15 is 0 Å². The van der Waals surface area contributed by atoms with Gasteiger partial charge in [-0.1, -0.05) is 13.8 Å². The van der Waals surface area contributed by atoms with E-state index in [2.05, 4.69) is 53.6 Å². The molecule has 9 nitrogen and oxygen atoms in total. The van der Waals surface area contributed by atoms with Crippen LogP contribution in [0.5, 0.6) is 0 Å². The summed E-state index contributed by atoms with van der Waals surface area (Å²) in [5.74, 6) is -1.85. The second-order valence-electron chi connectivity index (χ2n) is 7.90. The summed E-state index contributed by atoms with van der Waals surface area (Å²) in [7, 11) is 1.79. The number of fused-ring (bicyclic) bond motifs is 1. The van der Waals surface area contributed by atoms with Gasteiger partial charge in [0.05, 0.1) is 16.9 Å². The lowest BCUT2D eigenvalue weighted by molar-refractivity contribution is -0.192. The van der Waals surface area contributed by atoms with Crippen molar-refractivity contribution in [3.8, 4) is 0 Å². The van der Waals surface area contributed by atoms with E-state index in [1.54, 1.807) is 11.7 Å². The lowest BCUT2D eigenvalue weighted by Crippen LogP contribution is -2.29. The zero-order chi connectivity index (χ0) is 22.9. The van der Waals surface area contributed by atoms with Crippen LogP contribution in [0.25, 0.3) is 0 Å². The summed E-state index contributed by atoms with van der Waals surface area (Å²) in [6, 6.07) is 1.85. The zero-order valence-electron chi connectivity index (χ0n) is 17.3. The molecular weight excluding hydrogens is 405 g/mol. The van der Waals surface area contributed by atoms with Crippen LogP contribution in [0.1, 0.15) is 55.1 Å². The molecule has 0 radical (unpaired) electrons. The van der Waals surface area contributed by atoms with E-state index in [-0.39, 0.29) is 11.4 Å². The van der Waals surface area contributed by atoms with E-state index in [1.807, 2.05) is 6.07 Å². The average Bonchev–Trinajstić information content (AvgIpc) is 3.23. The first-order chi connectivity index (χ1) is 13.7. The Labute approximate surface area is 171 Å². The molecule has 30 heavy (non-hydrogen) atoms. The Hall–Kier alpha value is -2.89. The van der Waals surface area contributed by atoms with Crippen LogP contribution >= 0.6 is 0 Å². The number of nitrogens with one attached hydrogen (secondary N) is 3. The summed E-state index contributed by atoms with van der Waals surface area (Å²) < 4.78 is 33.4. The van der Waals surface area contributed by atoms with Gasteiger partial charge >= 0.3 is 12.1 Å². The number of hydrogen-bond acceptors (Lipinski definition) is 5. The van der Waals surface area contributed by atoms with Crippen LogP contribution in [-0.2, 0) is 30.3 Å². The molecule has 12 heteroatoms. The summed E-state index contributed by atoms with van der Waals surface area (Å²) >= 11 is 0. The summed E-state index contributed by atoms with van der Waals surface area (Å²) in [5, 5.41) is 25.1.